The van der Waals surface area contributed by atoms with E-state index >= 15 is 0 Å². The molecule has 2 heterocycles. The number of nitrogens with zero attached hydrogens (tertiary/aromatic N) is 1. The average molecular weight is 242 g/mol. The number of piperazine rings is 1. The molecule has 1 N–H and O–H groups in total. The fraction of sp³-hybridized carbons (Fsp3) is 0.818. The van der Waals surface area contributed by atoms with E-state index in [1.165, 1.54) is 4.90 Å². The molecule has 2 fully saturated rings. The van der Waals surface area contributed by atoms with Crippen LogP contribution in [-0.2, 0) is 14.3 Å². The lowest BCUT2D eigenvalue weighted by Gasteiger charge is -2.37. The van der Waals surface area contributed by atoms with Crippen LogP contribution in [0.2, 0.25) is 0 Å². The van der Waals surface area contributed by atoms with E-state index in [1.54, 1.807) is 20.8 Å². The summed E-state index contributed by atoms with van der Waals surface area (Å²) < 4.78 is 10.6. The summed E-state index contributed by atoms with van der Waals surface area (Å²) in [5, 5.41) is 2.81. The Morgan fingerprint density at radius 1 is 1.47 bits per heavy atom. The van der Waals surface area contributed by atoms with Crippen LogP contribution in [0.5, 0.6) is 0 Å². The van der Waals surface area contributed by atoms with Gasteiger partial charge in [0.1, 0.15) is 12.1 Å². The van der Waals surface area contributed by atoms with Gasteiger partial charge < -0.3 is 14.8 Å². The smallest absolute Gasteiger partial charge is 0.411 e. The van der Waals surface area contributed by atoms with Crippen molar-refractivity contribution in [1.29, 1.82) is 0 Å². The van der Waals surface area contributed by atoms with Crippen LogP contribution in [-0.4, -0.2) is 54.3 Å². The molecule has 2 atom stereocenters. The highest BCUT2D eigenvalue weighted by atomic mass is 16.6. The highest BCUT2D eigenvalue weighted by Gasteiger charge is 2.42. The summed E-state index contributed by atoms with van der Waals surface area (Å²) in [6.07, 6.45) is -0.451. The van der Waals surface area contributed by atoms with Gasteiger partial charge >= 0.3 is 6.09 Å². The molecule has 2 aliphatic rings. The average Bonchev–Trinajstić information content (AvgIpc) is 2.60. The topological polar surface area (TPSA) is 67.9 Å². The van der Waals surface area contributed by atoms with Gasteiger partial charge in [0, 0.05) is 0 Å². The molecule has 2 saturated heterocycles. The Labute approximate surface area is 100 Å². The zero-order chi connectivity index (χ0) is 12.6. The SMILES string of the molecule is CC(C)(C)OC(=O)N1CC(=O)N[C@H]2COC[C@H]21. The van der Waals surface area contributed by atoms with Gasteiger partial charge in [-0.15, -0.1) is 0 Å². The van der Waals surface area contributed by atoms with Crippen molar-refractivity contribution in [2.24, 2.45) is 0 Å². The molecule has 17 heavy (non-hydrogen) atoms. The minimum atomic E-state index is -0.556. The van der Waals surface area contributed by atoms with Crippen LogP contribution in [0.25, 0.3) is 0 Å². The predicted molar refractivity (Wildman–Crippen MR) is 59.5 cm³/mol. The van der Waals surface area contributed by atoms with Crippen LogP contribution >= 0.6 is 0 Å². The lowest BCUT2D eigenvalue weighted by atomic mass is 10.1. The van der Waals surface area contributed by atoms with Gasteiger partial charge in [-0.05, 0) is 20.8 Å². The van der Waals surface area contributed by atoms with Crippen molar-refractivity contribution in [3.05, 3.63) is 0 Å². The van der Waals surface area contributed by atoms with Crippen LogP contribution in [0.1, 0.15) is 20.8 Å². The molecule has 2 amide bonds. The summed E-state index contributed by atoms with van der Waals surface area (Å²) in [7, 11) is 0. The van der Waals surface area contributed by atoms with Gasteiger partial charge in [0.2, 0.25) is 5.91 Å². The maximum Gasteiger partial charge on any atom is 0.411 e. The molecule has 0 aromatic carbocycles. The van der Waals surface area contributed by atoms with Gasteiger partial charge in [0.15, 0.2) is 0 Å². The molecule has 6 heteroatoms. The highest BCUT2D eigenvalue weighted by Crippen LogP contribution is 2.20. The summed E-state index contributed by atoms with van der Waals surface area (Å²) >= 11 is 0. The van der Waals surface area contributed by atoms with Gasteiger partial charge in [0.05, 0.1) is 25.3 Å². The summed E-state index contributed by atoms with van der Waals surface area (Å²) in [6, 6.07) is -0.216. The molecule has 0 saturated carbocycles. The molecular weight excluding hydrogens is 224 g/mol. The molecule has 0 aliphatic carbocycles. The van der Waals surface area contributed by atoms with E-state index in [4.69, 9.17) is 9.47 Å². The first-order valence-electron chi connectivity index (χ1n) is 5.73. The Hall–Kier alpha value is -1.30. The standard InChI is InChI=1S/C11H18N2O4/c1-11(2,3)17-10(15)13-4-9(14)12-7-5-16-6-8(7)13/h7-8H,4-6H2,1-3H3,(H,12,14)/t7-,8+/m0/s1. The fourth-order valence-corrected chi connectivity index (χ4v) is 2.03. The molecular formula is C11H18N2O4. The minimum Gasteiger partial charge on any atom is -0.444 e. The van der Waals surface area contributed by atoms with E-state index in [1.807, 2.05) is 0 Å². The second kappa shape index (κ2) is 4.18. The molecule has 6 nitrogen and oxygen atoms in total. The number of amides is 2. The van der Waals surface area contributed by atoms with E-state index in [0.29, 0.717) is 13.2 Å². The van der Waals surface area contributed by atoms with E-state index in [0.717, 1.165) is 0 Å². The van der Waals surface area contributed by atoms with Crippen molar-refractivity contribution >= 4 is 12.0 Å². The molecule has 2 aliphatic heterocycles. The zero-order valence-corrected chi connectivity index (χ0v) is 10.4. The van der Waals surface area contributed by atoms with Crippen molar-refractivity contribution < 1.29 is 19.1 Å². The molecule has 0 aromatic heterocycles. The quantitative estimate of drug-likeness (QED) is 0.655. The first-order valence-corrected chi connectivity index (χ1v) is 5.73. The Morgan fingerprint density at radius 2 is 2.18 bits per heavy atom. The minimum absolute atomic E-state index is 0.0411. The van der Waals surface area contributed by atoms with Crippen molar-refractivity contribution in [3.63, 3.8) is 0 Å². The van der Waals surface area contributed by atoms with Crippen LogP contribution in [0.3, 0.4) is 0 Å². The third-order valence-corrected chi connectivity index (χ3v) is 2.74. The number of hydrogen-bond acceptors (Lipinski definition) is 4. The monoisotopic (exact) mass is 242 g/mol. The van der Waals surface area contributed by atoms with Crippen LogP contribution in [0.15, 0.2) is 0 Å². The van der Waals surface area contributed by atoms with Gasteiger partial charge in [-0.2, -0.15) is 0 Å². The van der Waals surface area contributed by atoms with Crippen molar-refractivity contribution in [3.8, 4) is 0 Å². The van der Waals surface area contributed by atoms with E-state index in [9.17, 15) is 9.59 Å². The largest absolute Gasteiger partial charge is 0.444 e. The summed E-state index contributed by atoms with van der Waals surface area (Å²) in [5.74, 6) is -0.164. The van der Waals surface area contributed by atoms with Crippen LogP contribution in [0.4, 0.5) is 4.79 Å². The number of ether oxygens (including phenoxy) is 2. The third-order valence-electron chi connectivity index (χ3n) is 2.74. The molecule has 0 spiro atoms. The second-order valence-electron chi connectivity index (χ2n) is 5.39. The molecule has 2 rings (SSSR count). The Balaban J connectivity index is 2.07. The zero-order valence-electron chi connectivity index (χ0n) is 10.4. The Morgan fingerprint density at radius 3 is 2.82 bits per heavy atom. The maximum absolute atomic E-state index is 12.0. The van der Waals surface area contributed by atoms with Crippen molar-refractivity contribution in [1.82, 2.24) is 10.2 Å². The number of nitrogens with one attached hydrogen (secondary N) is 1. The van der Waals surface area contributed by atoms with E-state index in [2.05, 4.69) is 5.32 Å². The molecule has 96 valence electrons. The Bertz CT molecular complexity index is 337. The highest BCUT2D eigenvalue weighted by molar-refractivity contribution is 5.84. The maximum atomic E-state index is 12.0. The number of hydrogen-bond donors (Lipinski definition) is 1. The first-order chi connectivity index (χ1) is 7.87. The molecule has 0 bridgehead atoms. The van der Waals surface area contributed by atoms with Gasteiger partial charge in [-0.25, -0.2) is 4.79 Å². The predicted octanol–water partition coefficient (Wildman–Crippen LogP) is 0.121. The van der Waals surface area contributed by atoms with Crippen LogP contribution in [0, 0.1) is 0 Å². The number of carbonyl (C=O) groups excluding carboxylic acids is 2. The fourth-order valence-electron chi connectivity index (χ4n) is 2.03. The van der Waals surface area contributed by atoms with Gasteiger partial charge in [-0.1, -0.05) is 0 Å². The summed E-state index contributed by atoms with van der Waals surface area (Å²) in [6.45, 7) is 6.35. The second-order valence-corrected chi connectivity index (χ2v) is 5.39. The lowest BCUT2D eigenvalue weighted by molar-refractivity contribution is -0.126. The van der Waals surface area contributed by atoms with Gasteiger partial charge in [-0.3, -0.25) is 9.69 Å². The number of rotatable bonds is 0. The van der Waals surface area contributed by atoms with Crippen molar-refractivity contribution in [2.45, 2.75) is 38.5 Å². The van der Waals surface area contributed by atoms with Crippen LogP contribution < -0.4 is 5.32 Å². The third kappa shape index (κ3) is 2.69. The summed E-state index contributed by atoms with van der Waals surface area (Å²) in [4.78, 5) is 24.9. The van der Waals surface area contributed by atoms with Gasteiger partial charge in [0.25, 0.3) is 0 Å². The van der Waals surface area contributed by atoms with E-state index in [-0.39, 0.29) is 24.5 Å². The molecule has 0 aromatic rings. The Kier molecular flexibility index (Phi) is 2.99. The lowest BCUT2D eigenvalue weighted by Crippen LogP contribution is -2.62. The molecule has 0 radical (unpaired) electrons. The number of carbonyl (C=O) groups is 2. The number of fused-ring (bicyclic) bond motifs is 1. The normalized spacial score (nSPS) is 28.6. The molecule has 0 unspecified atom stereocenters. The first kappa shape index (κ1) is 12.2. The summed E-state index contributed by atoms with van der Waals surface area (Å²) in [5.41, 5.74) is -0.556. The van der Waals surface area contributed by atoms with Crippen molar-refractivity contribution in [2.75, 3.05) is 19.8 Å². The van der Waals surface area contributed by atoms with E-state index < -0.39 is 11.7 Å².